The second-order valence-corrected chi connectivity index (χ2v) is 10.8. The molecule has 3 heterocycles. The molecule has 10 heteroatoms. The van der Waals surface area contributed by atoms with Crippen LogP contribution in [-0.4, -0.2) is 51.9 Å². The van der Waals surface area contributed by atoms with Gasteiger partial charge >= 0.3 is 0 Å². The van der Waals surface area contributed by atoms with Crippen LogP contribution in [0.2, 0.25) is 0 Å². The van der Waals surface area contributed by atoms with Gasteiger partial charge < -0.3 is 18.8 Å². The van der Waals surface area contributed by atoms with Gasteiger partial charge in [0, 0.05) is 22.7 Å². The van der Waals surface area contributed by atoms with Gasteiger partial charge in [-0.05, 0) is 60.2 Å². The number of allylic oxidation sites excluding steroid dienone is 1. The van der Waals surface area contributed by atoms with Crippen molar-refractivity contribution in [3.05, 3.63) is 108 Å². The van der Waals surface area contributed by atoms with Crippen LogP contribution in [-0.2, 0) is 17.8 Å². The Hall–Kier alpha value is -5.09. The number of fused-ring (bicyclic) bond motifs is 2. The quantitative estimate of drug-likeness (QED) is 0.166. The molecule has 2 aliphatic heterocycles. The highest BCUT2D eigenvalue weighted by Crippen LogP contribution is 2.31. The molecule has 216 valence electrons. The number of hydrogen-bond donors (Lipinski definition) is 1. The largest absolute Gasteiger partial charge is 0.493 e. The number of ether oxygens (including phenoxy) is 3. The number of rotatable bonds is 11. The number of thioether (sulfide) groups is 1. The first-order valence-electron chi connectivity index (χ1n) is 13.7. The van der Waals surface area contributed by atoms with Crippen molar-refractivity contribution in [1.29, 1.82) is 5.41 Å². The zero-order valence-electron chi connectivity index (χ0n) is 23.5. The number of nitrogens with one attached hydrogen (secondary N) is 1. The van der Waals surface area contributed by atoms with Crippen molar-refractivity contribution in [3.63, 3.8) is 0 Å². The summed E-state index contributed by atoms with van der Waals surface area (Å²) < 4.78 is 19.5. The number of nitrogens with zero attached hydrogens (tertiary/aromatic N) is 4. The fourth-order valence-electron chi connectivity index (χ4n) is 4.86. The Morgan fingerprint density at radius 1 is 1.02 bits per heavy atom. The van der Waals surface area contributed by atoms with Crippen molar-refractivity contribution in [2.24, 2.45) is 10.1 Å². The van der Waals surface area contributed by atoms with Crippen molar-refractivity contribution in [2.75, 3.05) is 20.3 Å². The Kier molecular flexibility index (Phi) is 8.10. The number of amidine groups is 2. The molecule has 2 aliphatic rings. The van der Waals surface area contributed by atoms with Crippen molar-refractivity contribution < 1.29 is 19.0 Å². The second kappa shape index (κ2) is 12.4. The Morgan fingerprint density at radius 3 is 2.65 bits per heavy atom. The predicted octanol–water partition coefficient (Wildman–Crippen LogP) is 6.16. The van der Waals surface area contributed by atoms with E-state index in [0.29, 0.717) is 40.6 Å². The van der Waals surface area contributed by atoms with E-state index in [-0.39, 0.29) is 18.0 Å². The van der Waals surface area contributed by atoms with E-state index >= 15 is 0 Å². The summed E-state index contributed by atoms with van der Waals surface area (Å²) in [5.41, 5.74) is 3.06. The molecule has 0 bridgehead atoms. The number of hydrazone groups is 1. The molecule has 0 atom stereocenters. The molecule has 1 N–H and O–H groups in total. The fourth-order valence-corrected chi connectivity index (χ4v) is 5.66. The van der Waals surface area contributed by atoms with Crippen molar-refractivity contribution in [3.8, 4) is 17.2 Å². The molecule has 0 aliphatic carbocycles. The molecule has 9 nitrogen and oxygen atoms in total. The second-order valence-electron chi connectivity index (χ2n) is 9.74. The Labute approximate surface area is 253 Å². The molecule has 4 aromatic rings. The first-order valence-corrected chi connectivity index (χ1v) is 14.5. The number of benzene rings is 3. The third-order valence-electron chi connectivity index (χ3n) is 6.92. The van der Waals surface area contributed by atoms with Crippen molar-refractivity contribution in [2.45, 2.75) is 13.0 Å². The summed E-state index contributed by atoms with van der Waals surface area (Å²) in [5.74, 6) is 1.56. The van der Waals surface area contributed by atoms with E-state index in [9.17, 15) is 4.79 Å². The molecule has 0 radical (unpaired) electrons. The summed E-state index contributed by atoms with van der Waals surface area (Å²) in [6.45, 7) is 4.97. The first kappa shape index (κ1) is 28.0. The summed E-state index contributed by atoms with van der Waals surface area (Å²) in [7, 11) is 1.63. The van der Waals surface area contributed by atoms with Gasteiger partial charge in [0.2, 0.25) is 5.17 Å². The van der Waals surface area contributed by atoms with Gasteiger partial charge in [0.25, 0.3) is 5.91 Å². The molecule has 0 unspecified atom stereocenters. The highest BCUT2D eigenvalue weighted by molar-refractivity contribution is 8.27. The number of para-hydroxylation sites is 2. The Bertz CT molecular complexity index is 1810. The standard InChI is InChI=1S/C33H29N5O4S/c1-3-9-22-14-15-28(29(18-22)40-2)41-17-16-37-20-23(25-12-7-8-13-27(25)37)19-26-31(34)38-33(35-32(26)39)43-30(36-38)21-42-24-10-5-4-6-11-24/h3-8,10-15,18-20,34H,1,9,16-17,21H2,2H3. The van der Waals surface area contributed by atoms with Gasteiger partial charge in [-0.3, -0.25) is 10.2 Å². The van der Waals surface area contributed by atoms with Crippen molar-refractivity contribution in [1.82, 2.24) is 9.58 Å². The Balaban J connectivity index is 1.20. The molecule has 1 amide bonds. The molecule has 1 aromatic heterocycles. The van der Waals surface area contributed by atoms with E-state index in [4.69, 9.17) is 19.6 Å². The van der Waals surface area contributed by atoms with Crippen LogP contribution in [0.1, 0.15) is 11.1 Å². The van der Waals surface area contributed by atoms with E-state index in [1.54, 1.807) is 13.2 Å². The molecule has 0 saturated heterocycles. The highest BCUT2D eigenvalue weighted by Gasteiger charge is 2.36. The maximum absolute atomic E-state index is 13.1. The fraction of sp³-hybridized carbons (Fsp3) is 0.152. The molecular formula is C33H29N5O4S. The lowest BCUT2D eigenvalue weighted by molar-refractivity contribution is -0.114. The van der Waals surface area contributed by atoms with Gasteiger partial charge in [-0.15, -0.1) is 6.58 Å². The van der Waals surface area contributed by atoms with Crippen LogP contribution in [0.3, 0.4) is 0 Å². The number of carbonyl (C=O) groups excluding carboxylic acids is 1. The molecule has 6 rings (SSSR count). The average Bonchev–Trinajstić information content (AvgIpc) is 3.60. The number of carbonyl (C=O) groups is 1. The lowest BCUT2D eigenvalue weighted by Crippen LogP contribution is -2.35. The van der Waals surface area contributed by atoms with Crippen LogP contribution in [0.4, 0.5) is 0 Å². The molecular weight excluding hydrogens is 562 g/mol. The van der Waals surface area contributed by atoms with Crippen LogP contribution in [0.5, 0.6) is 17.2 Å². The lowest BCUT2D eigenvalue weighted by atomic mass is 10.1. The summed E-state index contributed by atoms with van der Waals surface area (Å²) >= 11 is 1.23. The topological polar surface area (TPSA) is 102 Å². The summed E-state index contributed by atoms with van der Waals surface area (Å²) in [4.78, 5) is 17.3. The van der Waals surface area contributed by atoms with Crippen LogP contribution in [0, 0.1) is 5.41 Å². The predicted molar refractivity (Wildman–Crippen MR) is 171 cm³/mol. The van der Waals surface area contributed by atoms with E-state index < -0.39 is 5.91 Å². The molecule has 0 saturated carbocycles. The van der Waals surface area contributed by atoms with Gasteiger partial charge in [0.1, 0.15) is 24.0 Å². The van der Waals surface area contributed by atoms with Gasteiger partial charge in [0.05, 0.1) is 19.2 Å². The van der Waals surface area contributed by atoms with Gasteiger partial charge in [0.15, 0.2) is 17.3 Å². The highest BCUT2D eigenvalue weighted by atomic mass is 32.2. The van der Waals surface area contributed by atoms with Gasteiger partial charge in [-0.1, -0.05) is 48.5 Å². The Morgan fingerprint density at radius 2 is 1.84 bits per heavy atom. The SMILES string of the molecule is C=CCc1ccc(OCCn2cc(C=C3C(=N)N4N=C(COc5ccccc5)SC4=NC3=O)c3ccccc32)c(OC)c1. The van der Waals surface area contributed by atoms with E-state index in [1.165, 1.54) is 16.8 Å². The smallest absolute Gasteiger partial charge is 0.283 e. The normalized spacial score (nSPS) is 15.4. The van der Waals surface area contributed by atoms with Crippen LogP contribution in [0.15, 0.2) is 107 Å². The minimum Gasteiger partial charge on any atom is -0.493 e. The number of methoxy groups -OCH3 is 1. The van der Waals surface area contributed by atoms with Crippen molar-refractivity contribution >= 4 is 50.7 Å². The third kappa shape index (κ3) is 5.96. The summed E-state index contributed by atoms with van der Waals surface area (Å²) in [6, 6.07) is 23.2. The molecule has 3 aromatic carbocycles. The zero-order valence-corrected chi connectivity index (χ0v) is 24.3. The number of aromatic nitrogens is 1. The summed E-state index contributed by atoms with van der Waals surface area (Å²) in [6.07, 6.45) is 6.28. The van der Waals surface area contributed by atoms with E-state index in [2.05, 4.69) is 21.2 Å². The first-order chi connectivity index (χ1) is 21.0. The van der Waals surface area contributed by atoms with Crippen LogP contribution >= 0.6 is 11.8 Å². The van der Waals surface area contributed by atoms with E-state index in [0.717, 1.165) is 28.5 Å². The number of aliphatic imine (C=N–C) groups is 1. The third-order valence-corrected chi connectivity index (χ3v) is 7.80. The average molecular weight is 592 g/mol. The number of hydrogen-bond acceptors (Lipinski definition) is 7. The minimum atomic E-state index is -0.476. The van der Waals surface area contributed by atoms with Crippen LogP contribution in [0.25, 0.3) is 17.0 Å². The zero-order chi connectivity index (χ0) is 29.8. The maximum Gasteiger partial charge on any atom is 0.283 e. The maximum atomic E-state index is 13.1. The van der Waals surface area contributed by atoms with Crippen LogP contribution < -0.4 is 14.2 Å². The molecule has 0 fully saturated rings. The van der Waals surface area contributed by atoms with E-state index in [1.807, 2.05) is 85.1 Å². The van der Waals surface area contributed by atoms with Gasteiger partial charge in [-0.2, -0.15) is 15.1 Å². The summed E-state index contributed by atoms with van der Waals surface area (Å²) in [5, 5.41) is 16.6. The molecule has 43 heavy (non-hydrogen) atoms. The number of amides is 1. The molecule has 0 spiro atoms. The van der Waals surface area contributed by atoms with Gasteiger partial charge in [-0.25, -0.2) is 0 Å². The monoisotopic (exact) mass is 591 g/mol. The minimum absolute atomic E-state index is 0.0237. The lowest BCUT2D eigenvalue weighted by Gasteiger charge is -2.20.